The van der Waals surface area contributed by atoms with Crippen LogP contribution in [0.1, 0.15) is 41.1 Å². The van der Waals surface area contributed by atoms with Crippen molar-refractivity contribution in [1.29, 1.82) is 0 Å². The van der Waals surface area contributed by atoms with Gasteiger partial charge in [-0.3, -0.25) is 14.3 Å². The lowest BCUT2D eigenvalue weighted by Gasteiger charge is -2.15. The molecular formula is C19H26N4O5. The highest BCUT2D eigenvalue weighted by atomic mass is 16.5. The molecule has 0 atom stereocenters. The van der Waals surface area contributed by atoms with E-state index >= 15 is 0 Å². The fourth-order valence-electron chi connectivity index (χ4n) is 2.63. The Morgan fingerprint density at radius 3 is 2.32 bits per heavy atom. The van der Waals surface area contributed by atoms with Gasteiger partial charge in [-0.15, -0.1) is 0 Å². The molecule has 2 amide bonds. The predicted molar refractivity (Wildman–Crippen MR) is 105 cm³/mol. The predicted octanol–water partition coefficient (Wildman–Crippen LogP) is 2.32. The number of nitrogens with zero attached hydrogens (tertiary/aromatic N) is 2. The van der Waals surface area contributed by atoms with Crippen molar-refractivity contribution in [2.24, 2.45) is 0 Å². The Morgan fingerprint density at radius 1 is 1.04 bits per heavy atom. The zero-order valence-electron chi connectivity index (χ0n) is 16.8. The highest BCUT2D eigenvalue weighted by Crippen LogP contribution is 2.40. The number of hydrogen-bond donors (Lipinski definition) is 2. The van der Waals surface area contributed by atoms with Crippen LogP contribution in [0.5, 0.6) is 17.2 Å². The molecule has 0 aliphatic carbocycles. The first kappa shape index (κ1) is 21.1. The zero-order valence-corrected chi connectivity index (χ0v) is 16.8. The van der Waals surface area contributed by atoms with Crippen molar-refractivity contribution in [3.63, 3.8) is 0 Å². The molecule has 0 radical (unpaired) electrons. The van der Waals surface area contributed by atoms with Crippen LogP contribution in [-0.2, 0) is 6.54 Å². The van der Waals surface area contributed by atoms with Crippen molar-refractivity contribution in [2.75, 3.05) is 33.2 Å². The number of hydrogen-bond acceptors (Lipinski definition) is 6. The van der Waals surface area contributed by atoms with Crippen molar-refractivity contribution in [3.05, 3.63) is 29.6 Å². The van der Waals surface area contributed by atoms with E-state index in [0.717, 1.165) is 6.42 Å². The average molecular weight is 390 g/mol. The van der Waals surface area contributed by atoms with Crippen molar-refractivity contribution >= 4 is 17.5 Å². The van der Waals surface area contributed by atoms with Crippen LogP contribution in [0.4, 0.5) is 5.69 Å². The summed E-state index contributed by atoms with van der Waals surface area (Å²) in [4.78, 5) is 25.3. The highest BCUT2D eigenvalue weighted by molar-refractivity contribution is 6.10. The van der Waals surface area contributed by atoms with Crippen LogP contribution in [0, 0.1) is 0 Å². The minimum atomic E-state index is -0.460. The van der Waals surface area contributed by atoms with Gasteiger partial charge in [0.25, 0.3) is 11.8 Å². The quantitative estimate of drug-likeness (QED) is 0.681. The summed E-state index contributed by atoms with van der Waals surface area (Å²) >= 11 is 0. The van der Waals surface area contributed by atoms with Gasteiger partial charge in [0.2, 0.25) is 5.75 Å². The molecule has 9 heteroatoms. The van der Waals surface area contributed by atoms with Crippen molar-refractivity contribution < 1.29 is 23.8 Å². The van der Waals surface area contributed by atoms with E-state index in [4.69, 9.17) is 14.2 Å². The van der Waals surface area contributed by atoms with Crippen LogP contribution in [-0.4, -0.2) is 49.5 Å². The third-order valence-corrected chi connectivity index (χ3v) is 4.03. The number of carbonyl (C=O) groups is 2. The molecule has 0 aliphatic rings. The third kappa shape index (κ3) is 4.36. The second kappa shape index (κ2) is 9.63. The number of anilines is 1. The molecule has 28 heavy (non-hydrogen) atoms. The number of carbonyl (C=O) groups excluding carboxylic acids is 2. The molecule has 1 aromatic carbocycles. The molecule has 152 valence electrons. The molecular weight excluding hydrogens is 364 g/mol. The second-order valence-electron chi connectivity index (χ2n) is 5.84. The summed E-state index contributed by atoms with van der Waals surface area (Å²) < 4.78 is 17.5. The van der Waals surface area contributed by atoms with Crippen LogP contribution in [0.25, 0.3) is 0 Å². The number of ether oxygens (including phenoxy) is 3. The average Bonchev–Trinajstić information content (AvgIpc) is 3.13. The van der Waals surface area contributed by atoms with Gasteiger partial charge in [0, 0.05) is 19.3 Å². The fraction of sp³-hybridized carbons (Fsp3) is 0.421. The van der Waals surface area contributed by atoms with Crippen molar-refractivity contribution in [1.82, 2.24) is 15.1 Å². The number of amides is 2. The van der Waals surface area contributed by atoms with E-state index in [1.54, 1.807) is 23.0 Å². The van der Waals surface area contributed by atoms with Crippen LogP contribution < -0.4 is 24.8 Å². The SMILES string of the molecule is CCCNC(=O)c1nn(CC)cc1NC(=O)c1ccc(OC)c(OC)c1OC. The molecule has 0 unspecified atom stereocenters. The molecule has 1 aromatic heterocycles. The van der Waals surface area contributed by atoms with Gasteiger partial charge in [-0.05, 0) is 25.5 Å². The number of nitrogens with one attached hydrogen (secondary N) is 2. The van der Waals surface area contributed by atoms with Crippen LogP contribution in [0.15, 0.2) is 18.3 Å². The molecule has 2 rings (SSSR count). The van der Waals surface area contributed by atoms with Gasteiger partial charge in [0.1, 0.15) is 0 Å². The van der Waals surface area contributed by atoms with Crippen LogP contribution in [0.3, 0.4) is 0 Å². The number of methoxy groups -OCH3 is 3. The lowest BCUT2D eigenvalue weighted by atomic mass is 10.1. The summed E-state index contributed by atoms with van der Waals surface area (Å²) in [5, 5.41) is 9.76. The Bertz CT molecular complexity index is 847. The van der Waals surface area contributed by atoms with E-state index in [-0.39, 0.29) is 22.9 Å². The number of aromatic nitrogens is 2. The largest absolute Gasteiger partial charge is 0.493 e. The number of rotatable bonds is 9. The van der Waals surface area contributed by atoms with Gasteiger partial charge in [-0.25, -0.2) is 0 Å². The lowest BCUT2D eigenvalue weighted by molar-refractivity contribution is 0.0948. The van der Waals surface area contributed by atoms with E-state index in [9.17, 15) is 9.59 Å². The number of benzene rings is 1. The number of aryl methyl sites for hydroxylation is 1. The smallest absolute Gasteiger partial charge is 0.273 e. The normalized spacial score (nSPS) is 10.3. The summed E-state index contributed by atoms with van der Waals surface area (Å²) in [6.45, 7) is 4.93. The maximum absolute atomic E-state index is 12.9. The minimum absolute atomic E-state index is 0.156. The minimum Gasteiger partial charge on any atom is -0.493 e. The monoisotopic (exact) mass is 390 g/mol. The maximum Gasteiger partial charge on any atom is 0.273 e. The van der Waals surface area contributed by atoms with E-state index < -0.39 is 5.91 Å². The maximum atomic E-state index is 12.9. The summed E-state index contributed by atoms with van der Waals surface area (Å²) in [6, 6.07) is 3.18. The van der Waals surface area contributed by atoms with Gasteiger partial charge in [0.15, 0.2) is 17.2 Å². The van der Waals surface area contributed by atoms with E-state index in [2.05, 4.69) is 15.7 Å². The summed E-state index contributed by atoms with van der Waals surface area (Å²) in [5.41, 5.74) is 0.713. The fourth-order valence-corrected chi connectivity index (χ4v) is 2.63. The molecule has 0 aliphatic heterocycles. The van der Waals surface area contributed by atoms with E-state index in [1.807, 2.05) is 13.8 Å². The molecule has 2 N–H and O–H groups in total. The van der Waals surface area contributed by atoms with Gasteiger partial charge in [-0.2, -0.15) is 5.10 Å². The summed E-state index contributed by atoms with van der Waals surface area (Å²) in [5.74, 6) is 0.179. The third-order valence-electron chi connectivity index (χ3n) is 4.03. The van der Waals surface area contributed by atoms with Crippen molar-refractivity contribution in [2.45, 2.75) is 26.8 Å². The molecule has 0 fully saturated rings. The Kier molecular flexibility index (Phi) is 7.25. The topological polar surface area (TPSA) is 104 Å². The molecule has 0 saturated carbocycles. The molecule has 0 spiro atoms. The Balaban J connectivity index is 2.37. The van der Waals surface area contributed by atoms with Gasteiger partial charge < -0.3 is 24.8 Å². The van der Waals surface area contributed by atoms with Gasteiger partial charge in [-0.1, -0.05) is 6.92 Å². The first-order chi connectivity index (χ1) is 13.5. The molecule has 0 saturated heterocycles. The first-order valence-corrected chi connectivity index (χ1v) is 8.96. The van der Waals surface area contributed by atoms with Crippen LogP contribution >= 0.6 is 0 Å². The van der Waals surface area contributed by atoms with E-state index in [0.29, 0.717) is 30.3 Å². The van der Waals surface area contributed by atoms with E-state index in [1.165, 1.54) is 21.3 Å². The Morgan fingerprint density at radius 2 is 1.75 bits per heavy atom. The van der Waals surface area contributed by atoms with Crippen LogP contribution in [0.2, 0.25) is 0 Å². The Hall–Kier alpha value is -3.23. The van der Waals surface area contributed by atoms with Gasteiger partial charge in [0.05, 0.1) is 32.6 Å². The van der Waals surface area contributed by atoms with Crippen molar-refractivity contribution in [3.8, 4) is 17.2 Å². The first-order valence-electron chi connectivity index (χ1n) is 8.96. The molecule has 9 nitrogen and oxygen atoms in total. The Labute approximate surface area is 164 Å². The zero-order chi connectivity index (χ0) is 20.7. The second-order valence-corrected chi connectivity index (χ2v) is 5.84. The highest BCUT2D eigenvalue weighted by Gasteiger charge is 2.23. The molecule has 2 aromatic rings. The van der Waals surface area contributed by atoms with Gasteiger partial charge >= 0.3 is 0 Å². The summed E-state index contributed by atoms with van der Waals surface area (Å²) in [6.07, 6.45) is 2.41. The summed E-state index contributed by atoms with van der Waals surface area (Å²) in [7, 11) is 4.40. The standard InChI is InChI=1S/C19H26N4O5/c1-6-10-20-19(25)15-13(11-23(7-2)22-15)21-18(24)12-8-9-14(26-3)17(28-5)16(12)27-4/h8-9,11H,6-7,10H2,1-5H3,(H,20,25)(H,21,24). The lowest BCUT2D eigenvalue weighted by Crippen LogP contribution is -2.26. The molecule has 1 heterocycles. The molecule has 0 bridgehead atoms.